The van der Waals surface area contributed by atoms with Crippen molar-refractivity contribution in [3.63, 3.8) is 0 Å². The van der Waals surface area contributed by atoms with Gasteiger partial charge in [-0.1, -0.05) is 0 Å². The highest BCUT2D eigenvalue weighted by molar-refractivity contribution is 4.32. The Morgan fingerprint density at radius 1 is 1.08 bits per heavy atom. The molecule has 0 N–H and O–H groups in total. The van der Waals surface area contributed by atoms with Crippen LogP contribution < -0.4 is 12.4 Å². The third-order valence-corrected chi connectivity index (χ3v) is 2.13. The molecule has 0 radical (unpaired) electrons. The first-order chi connectivity index (χ1) is 5.62. The Bertz CT molecular complexity index is 110. The van der Waals surface area contributed by atoms with Gasteiger partial charge in [-0.2, -0.15) is 0 Å². The predicted molar refractivity (Wildman–Crippen MR) is 50.2 cm³/mol. The normalized spacial score (nSPS) is 11.1. The molecule has 0 atom stereocenters. The summed E-state index contributed by atoms with van der Waals surface area (Å²) in [4.78, 5) is 0. The van der Waals surface area contributed by atoms with E-state index in [0.717, 1.165) is 24.2 Å². The van der Waals surface area contributed by atoms with Crippen LogP contribution in [-0.2, 0) is 9.47 Å². The lowest BCUT2D eigenvalue weighted by atomic mass is 10.4. The standard InChI is InChI=1S/C9H22NO2.ClH/c1-5-10(2,3)6-7-12-9-8-11-4;/h5-9H2,1-4H3;1H/q+1;/p-1. The van der Waals surface area contributed by atoms with Crippen molar-refractivity contribution >= 4 is 0 Å². The number of halogens is 1. The fraction of sp³-hybridized carbons (Fsp3) is 1.00. The van der Waals surface area contributed by atoms with Crippen LogP contribution in [0.1, 0.15) is 6.92 Å². The van der Waals surface area contributed by atoms with Crippen LogP contribution in [0.3, 0.4) is 0 Å². The zero-order chi connectivity index (χ0) is 9.45. The molecule has 0 amide bonds. The first kappa shape index (κ1) is 15.6. The summed E-state index contributed by atoms with van der Waals surface area (Å²) >= 11 is 0. The van der Waals surface area contributed by atoms with Crippen LogP contribution in [0.5, 0.6) is 0 Å². The number of quaternary nitrogens is 1. The second-order valence-corrected chi connectivity index (χ2v) is 3.58. The minimum atomic E-state index is 0. The van der Waals surface area contributed by atoms with Gasteiger partial charge in [-0.15, -0.1) is 0 Å². The summed E-state index contributed by atoms with van der Waals surface area (Å²) in [5.41, 5.74) is 0. The summed E-state index contributed by atoms with van der Waals surface area (Å²) in [7, 11) is 6.11. The Labute approximate surface area is 88.0 Å². The van der Waals surface area contributed by atoms with Crippen LogP contribution in [0.15, 0.2) is 0 Å². The van der Waals surface area contributed by atoms with Gasteiger partial charge in [-0.25, -0.2) is 0 Å². The maximum absolute atomic E-state index is 5.37. The van der Waals surface area contributed by atoms with E-state index in [0.29, 0.717) is 13.2 Å². The smallest absolute Gasteiger partial charge is 0.102 e. The largest absolute Gasteiger partial charge is 1.00 e. The van der Waals surface area contributed by atoms with Crippen molar-refractivity contribution in [2.24, 2.45) is 0 Å². The lowest BCUT2D eigenvalue weighted by Gasteiger charge is -2.27. The van der Waals surface area contributed by atoms with Gasteiger partial charge in [0.15, 0.2) is 0 Å². The quantitative estimate of drug-likeness (QED) is 0.350. The van der Waals surface area contributed by atoms with Crippen LogP contribution in [0.4, 0.5) is 0 Å². The summed E-state index contributed by atoms with van der Waals surface area (Å²) in [6, 6.07) is 0. The van der Waals surface area contributed by atoms with E-state index in [1.807, 2.05) is 0 Å². The highest BCUT2D eigenvalue weighted by Gasteiger charge is 2.10. The third kappa shape index (κ3) is 10.1. The van der Waals surface area contributed by atoms with Crippen molar-refractivity contribution in [1.82, 2.24) is 0 Å². The second-order valence-electron chi connectivity index (χ2n) is 3.58. The van der Waals surface area contributed by atoms with Crippen molar-refractivity contribution in [3.8, 4) is 0 Å². The van der Waals surface area contributed by atoms with Gasteiger partial charge in [-0.3, -0.25) is 0 Å². The molecule has 0 aliphatic rings. The molecule has 0 saturated carbocycles. The average Bonchev–Trinajstić information content (AvgIpc) is 2.04. The van der Waals surface area contributed by atoms with Crippen LogP contribution in [-0.4, -0.2) is 58.6 Å². The van der Waals surface area contributed by atoms with Crippen molar-refractivity contribution in [2.75, 3.05) is 54.1 Å². The average molecular weight is 212 g/mol. The van der Waals surface area contributed by atoms with Gasteiger partial charge in [0.25, 0.3) is 0 Å². The topological polar surface area (TPSA) is 18.5 Å². The molecule has 0 spiro atoms. The molecular weight excluding hydrogens is 190 g/mol. The van der Waals surface area contributed by atoms with E-state index in [9.17, 15) is 0 Å². The van der Waals surface area contributed by atoms with E-state index in [1.54, 1.807) is 7.11 Å². The first-order valence-corrected chi connectivity index (χ1v) is 4.51. The van der Waals surface area contributed by atoms with Crippen LogP contribution in [0, 0.1) is 0 Å². The molecule has 4 heteroatoms. The number of hydrogen-bond acceptors (Lipinski definition) is 2. The first-order valence-electron chi connectivity index (χ1n) is 4.51. The lowest BCUT2D eigenvalue weighted by molar-refractivity contribution is -0.888. The molecular formula is C9H22ClNO2. The lowest BCUT2D eigenvalue weighted by Crippen LogP contribution is -3.00. The van der Waals surface area contributed by atoms with Gasteiger partial charge >= 0.3 is 0 Å². The van der Waals surface area contributed by atoms with Crippen LogP contribution in [0.2, 0.25) is 0 Å². The highest BCUT2D eigenvalue weighted by atomic mass is 35.5. The number of nitrogens with zero attached hydrogens (tertiary/aromatic N) is 1. The molecule has 0 saturated heterocycles. The zero-order valence-corrected chi connectivity index (χ0v) is 9.93. The highest BCUT2D eigenvalue weighted by Crippen LogP contribution is 1.94. The van der Waals surface area contributed by atoms with E-state index >= 15 is 0 Å². The predicted octanol–water partition coefficient (Wildman–Crippen LogP) is -2.25. The van der Waals surface area contributed by atoms with Crippen LogP contribution in [0.25, 0.3) is 0 Å². The molecule has 82 valence electrons. The molecule has 0 aromatic heterocycles. The molecule has 0 bridgehead atoms. The zero-order valence-electron chi connectivity index (χ0n) is 9.18. The third-order valence-electron chi connectivity index (χ3n) is 2.13. The molecule has 0 heterocycles. The molecule has 0 aromatic rings. The summed E-state index contributed by atoms with van der Waals surface area (Å²) in [5, 5.41) is 0. The van der Waals surface area contributed by atoms with E-state index in [1.165, 1.54) is 0 Å². The Morgan fingerprint density at radius 2 is 1.69 bits per heavy atom. The minimum Gasteiger partial charge on any atom is -1.00 e. The van der Waals surface area contributed by atoms with Crippen molar-refractivity contribution in [3.05, 3.63) is 0 Å². The molecule has 3 nitrogen and oxygen atoms in total. The van der Waals surface area contributed by atoms with E-state index in [-0.39, 0.29) is 12.4 Å². The molecule has 0 rings (SSSR count). The monoisotopic (exact) mass is 211 g/mol. The Balaban J connectivity index is 0. The number of rotatable bonds is 7. The van der Waals surface area contributed by atoms with E-state index < -0.39 is 0 Å². The van der Waals surface area contributed by atoms with Gasteiger partial charge in [0, 0.05) is 7.11 Å². The summed E-state index contributed by atoms with van der Waals surface area (Å²) in [6.07, 6.45) is 0. The van der Waals surface area contributed by atoms with E-state index in [2.05, 4.69) is 21.0 Å². The SMILES string of the molecule is CC[N+](C)(C)CCOCCOC.[Cl-]. The Hall–Kier alpha value is 0.170. The van der Waals surface area contributed by atoms with Gasteiger partial charge < -0.3 is 26.4 Å². The van der Waals surface area contributed by atoms with Crippen molar-refractivity contribution in [1.29, 1.82) is 0 Å². The van der Waals surface area contributed by atoms with Crippen LogP contribution >= 0.6 is 0 Å². The fourth-order valence-corrected chi connectivity index (χ4v) is 0.714. The molecule has 0 aliphatic carbocycles. The second kappa shape index (κ2) is 8.75. The number of ether oxygens (including phenoxy) is 2. The van der Waals surface area contributed by atoms with Gasteiger partial charge in [0.2, 0.25) is 0 Å². The number of hydrogen-bond donors (Lipinski definition) is 0. The molecule has 13 heavy (non-hydrogen) atoms. The molecule has 0 aromatic carbocycles. The molecule has 0 fully saturated rings. The summed E-state index contributed by atoms with van der Waals surface area (Å²) < 4.78 is 11.3. The molecule has 0 aliphatic heterocycles. The van der Waals surface area contributed by atoms with Crippen molar-refractivity contribution < 1.29 is 26.4 Å². The van der Waals surface area contributed by atoms with Crippen molar-refractivity contribution in [2.45, 2.75) is 6.92 Å². The Morgan fingerprint density at radius 3 is 2.15 bits per heavy atom. The Kier molecular flexibility index (Phi) is 10.5. The number of likely N-dealkylation sites (N-methyl/N-ethyl adjacent to an activating group) is 1. The molecule has 0 unspecified atom stereocenters. The summed E-state index contributed by atoms with van der Waals surface area (Å²) in [6.45, 7) is 6.63. The van der Waals surface area contributed by atoms with Gasteiger partial charge in [0.05, 0.1) is 40.5 Å². The minimum absolute atomic E-state index is 0. The van der Waals surface area contributed by atoms with Gasteiger partial charge in [0.1, 0.15) is 6.54 Å². The summed E-state index contributed by atoms with van der Waals surface area (Å²) in [5.74, 6) is 0. The van der Waals surface area contributed by atoms with Gasteiger partial charge in [-0.05, 0) is 6.92 Å². The maximum atomic E-state index is 5.37. The number of methoxy groups -OCH3 is 1. The fourth-order valence-electron chi connectivity index (χ4n) is 0.714. The van der Waals surface area contributed by atoms with E-state index in [4.69, 9.17) is 9.47 Å². The maximum Gasteiger partial charge on any atom is 0.102 e.